The number of benzene rings is 1. The van der Waals surface area contributed by atoms with Gasteiger partial charge in [0.25, 0.3) is 0 Å². The molecule has 2 aliphatic heterocycles. The summed E-state index contributed by atoms with van der Waals surface area (Å²) < 4.78 is 0. The molecule has 0 radical (unpaired) electrons. The Balaban J connectivity index is 1.47. The SMILES string of the molecule is CC/C=C/C1=C(C2=C(C)c3[nH]ccc3CC2)c2ccccc2N(C)C1C1=CC(C2=CC=CCC2)N(C)C(C2=CCCC=C2)=C1. The smallest absolute Gasteiger partial charge is 0.0797 e. The van der Waals surface area contributed by atoms with E-state index in [0.29, 0.717) is 0 Å². The lowest BCUT2D eigenvalue weighted by Gasteiger charge is -2.44. The molecule has 1 aromatic heterocycles. The normalized spacial score (nSPS) is 23.5. The third kappa shape index (κ3) is 4.93. The molecule has 0 amide bonds. The summed E-state index contributed by atoms with van der Waals surface area (Å²) in [7, 11) is 4.59. The summed E-state index contributed by atoms with van der Waals surface area (Å²) in [6, 6.07) is 11.7. The summed E-state index contributed by atoms with van der Waals surface area (Å²) in [5, 5.41) is 0. The van der Waals surface area contributed by atoms with Gasteiger partial charge in [0.15, 0.2) is 0 Å². The van der Waals surface area contributed by atoms with Crippen molar-refractivity contribution in [3.8, 4) is 0 Å². The van der Waals surface area contributed by atoms with E-state index in [2.05, 4.69) is 140 Å². The highest BCUT2D eigenvalue weighted by molar-refractivity contribution is 5.98. The molecule has 224 valence electrons. The van der Waals surface area contributed by atoms with Crippen LogP contribution in [-0.4, -0.2) is 36.1 Å². The van der Waals surface area contributed by atoms with Gasteiger partial charge in [0, 0.05) is 42.9 Å². The number of aryl methyl sites for hydroxylation is 1. The lowest BCUT2D eigenvalue weighted by atomic mass is 9.75. The molecule has 2 atom stereocenters. The molecule has 0 spiro atoms. The maximum Gasteiger partial charge on any atom is 0.0797 e. The topological polar surface area (TPSA) is 22.3 Å². The maximum absolute atomic E-state index is 3.57. The first-order chi connectivity index (χ1) is 21.6. The molecule has 2 aromatic rings. The van der Waals surface area contributed by atoms with Crippen molar-refractivity contribution in [3.63, 3.8) is 0 Å². The number of nitrogens with one attached hydrogen (secondary N) is 1. The number of anilines is 1. The minimum absolute atomic E-state index is 0.104. The van der Waals surface area contributed by atoms with Crippen LogP contribution in [0.15, 0.2) is 131 Å². The maximum atomic E-state index is 3.57. The van der Waals surface area contributed by atoms with Crippen LogP contribution in [0.5, 0.6) is 0 Å². The fourth-order valence-corrected chi connectivity index (χ4v) is 7.90. The highest BCUT2D eigenvalue weighted by Gasteiger charge is 2.37. The number of aromatic amines is 1. The summed E-state index contributed by atoms with van der Waals surface area (Å²) in [4.78, 5) is 8.62. The van der Waals surface area contributed by atoms with Gasteiger partial charge in [-0.05, 0) is 115 Å². The van der Waals surface area contributed by atoms with Crippen LogP contribution >= 0.6 is 0 Å². The Morgan fingerprint density at radius 1 is 0.977 bits per heavy atom. The average molecular weight is 580 g/mol. The zero-order valence-electron chi connectivity index (χ0n) is 26.7. The van der Waals surface area contributed by atoms with Crippen LogP contribution in [0, 0.1) is 0 Å². The van der Waals surface area contributed by atoms with E-state index >= 15 is 0 Å². The van der Waals surface area contributed by atoms with Crippen molar-refractivity contribution in [1.29, 1.82) is 0 Å². The lowest BCUT2D eigenvalue weighted by Crippen LogP contribution is -2.42. The van der Waals surface area contributed by atoms with Crippen LogP contribution in [0.1, 0.15) is 69.2 Å². The summed E-state index contributed by atoms with van der Waals surface area (Å²) in [6.45, 7) is 4.57. The molecule has 7 rings (SSSR count). The molecule has 0 saturated heterocycles. The number of para-hydroxylation sites is 1. The standard InChI is InChI=1S/C41H45N3/c1-5-6-19-35-39(33-23-22-31-24-25-42-40(31)28(33)2)34-20-13-14-21-36(34)44(4)41(35)32-26-37(29-15-9-7-10-16-29)43(3)38(27-32)30-17-11-8-12-18-30/h6-7,9,11,13-15,17-21,24-27,37,41-42H,5,8,10,12,16,22-23H2,1-4H3/b19-6+. The molecule has 0 fully saturated rings. The van der Waals surface area contributed by atoms with E-state index in [1.54, 1.807) is 0 Å². The number of hydrogen-bond donors (Lipinski definition) is 1. The summed E-state index contributed by atoms with van der Waals surface area (Å²) >= 11 is 0. The predicted molar refractivity (Wildman–Crippen MR) is 187 cm³/mol. The van der Waals surface area contributed by atoms with Crippen LogP contribution in [0.3, 0.4) is 0 Å². The van der Waals surface area contributed by atoms with Gasteiger partial charge in [0.1, 0.15) is 0 Å². The van der Waals surface area contributed by atoms with E-state index in [0.717, 1.165) is 44.9 Å². The van der Waals surface area contributed by atoms with Gasteiger partial charge in [-0.15, -0.1) is 0 Å². The Morgan fingerprint density at radius 3 is 2.66 bits per heavy atom. The van der Waals surface area contributed by atoms with Gasteiger partial charge in [0.2, 0.25) is 0 Å². The van der Waals surface area contributed by atoms with E-state index in [1.807, 2.05) is 0 Å². The van der Waals surface area contributed by atoms with Crippen molar-refractivity contribution in [2.24, 2.45) is 0 Å². The quantitative estimate of drug-likeness (QED) is 0.368. The Bertz CT molecular complexity index is 1740. The van der Waals surface area contributed by atoms with E-state index < -0.39 is 0 Å². The number of nitrogens with zero attached hydrogens (tertiary/aromatic N) is 2. The molecule has 1 N–H and O–H groups in total. The van der Waals surface area contributed by atoms with E-state index in [1.165, 1.54) is 67.2 Å². The number of fused-ring (bicyclic) bond motifs is 2. The highest BCUT2D eigenvalue weighted by Crippen LogP contribution is 2.49. The second-order valence-corrected chi connectivity index (χ2v) is 12.8. The van der Waals surface area contributed by atoms with Crippen molar-refractivity contribution >= 4 is 16.8 Å². The second kappa shape index (κ2) is 12.0. The molecule has 44 heavy (non-hydrogen) atoms. The van der Waals surface area contributed by atoms with E-state index in [-0.39, 0.29) is 12.1 Å². The summed E-state index contributed by atoms with van der Waals surface area (Å²) in [5.41, 5.74) is 16.7. The van der Waals surface area contributed by atoms with Crippen LogP contribution < -0.4 is 4.90 Å². The first kappa shape index (κ1) is 28.5. The van der Waals surface area contributed by atoms with Crippen LogP contribution in [-0.2, 0) is 6.42 Å². The molecule has 3 nitrogen and oxygen atoms in total. The molecule has 0 saturated carbocycles. The van der Waals surface area contributed by atoms with Gasteiger partial charge < -0.3 is 14.8 Å². The zero-order chi connectivity index (χ0) is 30.2. The lowest BCUT2D eigenvalue weighted by molar-refractivity contribution is 0.379. The van der Waals surface area contributed by atoms with Crippen molar-refractivity contribution in [2.75, 3.05) is 19.0 Å². The molecule has 3 heterocycles. The van der Waals surface area contributed by atoms with Crippen LogP contribution in [0.4, 0.5) is 5.69 Å². The average Bonchev–Trinajstić information content (AvgIpc) is 3.56. The molecule has 3 aliphatic carbocycles. The van der Waals surface area contributed by atoms with Crippen molar-refractivity contribution in [2.45, 2.75) is 70.9 Å². The first-order valence-corrected chi connectivity index (χ1v) is 16.6. The van der Waals surface area contributed by atoms with Gasteiger partial charge in [-0.2, -0.15) is 0 Å². The van der Waals surface area contributed by atoms with Gasteiger partial charge in [-0.1, -0.05) is 79.8 Å². The van der Waals surface area contributed by atoms with E-state index in [9.17, 15) is 0 Å². The zero-order valence-corrected chi connectivity index (χ0v) is 26.7. The van der Waals surface area contributed by atoms with Crippen molar-refractivity contribution < 1.29 is 0 Å². The molecule has 5 aliphatic rings. The van der Waals surface area contributed by atoms with Gasteiger partial charge in [-0.3, -0.25) is 0 Å². The summed E-state index contributed by atoms with van der Waals surface area (Å²) in [5.74, 6) is 0. The largest absolute Gasteiger partial charge is 0.364 e. The number of H-pyrrole nitrogens is 1. The minimum atomic E-state index is 0.104. The Kier molecular flexibility index (Phi) is 7.80. The molecule has 1 aromatic carbocycles. The van der Waals surface area contributed by atoms with E-state index in [4.69, 9.17) is 0 Å². The fourth-order valence-electron chi connectivity index (χ4n) is 7.90. The summed E-state index contributed by atoms with van der Waals surface area (Å²) in [6.07, 6.45) is 33.6. The molecule has 2 unspecified atom stereocenters. The van der Waals surface area contributed by atoms with Crippen molar-refractivity contribution in [1.82, 2.24) is 9.88 Å². The van der Waals surface area contributed by atoms with Crippen LogP contribution in [0.2, 0.25) is 0 Å². The Labute approximate surface area is 263 Å². The molecular formula is C41H45N3. The third-order valence-corrected chi connectivity index (χ3v) is 10.1. The third-order valence-electron chi connectivity index (χ3n) is 10.1. The minimum Gasteiger partial charge on any atom is -0.364 e. The molecular weight excluding hydrogens is 534 g/mol. The Morgan fingerprint density at radius 2 is 1.86 bits per heavy atom. The number of rotatable bonds is 6. The fraction of sp³-hybridized carbons (Fsp3) is 0.317. The number of allylic oxidation sites excluding steroid dienone is 10. The molecule has 0 bridgehead atoms. The number of aromatic nitrogens is 1. The predicted octanol–water partition coefficient (Wildman–Crippen LogP) is 9.65. The first-order valence-electron chi connectivity index (χ1n) is 16.6. The molecule has 3 heteroatoms. The van der Waals surface area contributed by atoms with Gasteiger partial charge >= 0.3 is 0 Å². The number of likely N-dealkylation sites (N-methyl/N-ethyl adjacent to an activating group) is 2. The number of hydrogen-bond acceptors (Lipinski definition) is 2. The van der Waals surface area contributed by atoms with Gasteiger partial charge in [-0.25, -0.2) is 0 Å². The second-order valence-electron chi connectivity index (χ2n) is 12.8. The van der Waals surface area contributed by atoms with Crippen molar-refractivity contribution in [3.05, 3.63) is 148 Å². The monoisotopic (exact) mass is 579 g/mol. The van der Waals surface area contributed by atoms with Crippen LogP contribution in [0.25, 0.3) is 11.1 Å². The Hall–Kier alpha value is -4.24. The van der Waals surface area contributed by atoms with Gasteiger partial charge in [0.05, 0.1) is 12.1 Å². The highest BCUT2D eigenvalue weighted by atomic mass is 15.2.